The van der Waals surface area contributed by atoms with Gasteiger partial charge in [0.15, 0.2) is 0 Å². The van der Waals surface area contributed by atoms with Gasteiger partial charge in [-0.2, -0.15) is 13.2 Å². The Morgan fingerprint density at radius 1 is 0.967 bits per heavy atom. The van der Waals surface area contributed by atoms with Gasteiger partial charge in [-0.3, -0.25) is 4.79 Å². The molecule has 0 saturated heterocycles. The molecule has 152 valence electrons. The first-order valence-electron chi connectivity index (χ1n) is 9.26. The fourth-order valence-electron chi connectivity index (χ4n) is 3.62. The molecule has 0 aliphatic rings. The lowest BCUT2D eigenvalue weighted by Crippen LogP contribution is -2.10. The molecule has 0 aliphatic heterocycles. The van der Waals surface area contributed by atoms with Crippen molar-refractivity contribution < 1.29 is 18.0 Å². The van der Waals surface area contributed by atoms with E-state index < -0.39 is 17.6 Å². The molecule has 0 fully saturated rings. The van der Waals surface area contributed by atoms with Crippen LogP contribution in [0.3, 0.4) is 0 Å². The van der Waals surface area contributed by atoms with Crippen molar-refractivity contribution in [3.8, 4) is 22.5 Å². The number of nitrogens with one attached hydrogen (secondary N) is 1. The van der Waals surface area contributed by atoms with Gasteiger partial charge in [0, 0.05) is 25.1 Å². The monoisotopic (exact) mass is 409 g/mol. The van der Waals surface area contributed by atoms with Crippen LogP contribution in [-0.2, 0) is 18.0 Å². The van der Waals surface area contributed by atoms with E-state index in [1.807, 2.05) is 6.07 Å². The van der Waals surface area contributed by atoms with Crippen LogP contribution in [0.1, 0.15) is 12.5 Å². The molecule has 0 spiro atoms. The molecule has 2 heterocycles. The summed E-state index contributed by atoms with van der Waals surface area (Å²) in [5, 5.41) is 2.48. The van der Waals surface area contributed by atoms with E-state index in [-0.39, 0.29) is 22.4 Å². The zero-order valence-electron chi connectivity index (χ0n) is 16.3. The Morgan fingerprint density at radius 2 is 1.53 bits per heavy atom. The van der Waals surface area contributed by atoms with Crippen molar-refractivity contribution in [2.24, 2.45) is 7.05 Å². The number of hydrogen-bond donors (Lipinski definition) is 1. The van der Waals surface area contributed by atoms with Gasteiger partial charge >= 0.3 is 6.18 Å². The quantitative estimate of drug-likeness (QED) is 0.459. The van der Waals surface area contributed by atoms with Crippen LogP contribution in [0.15, 0.2) is 66.7 Å². The van der Waals surface area contributed by atoms with E-state index in [1.54, 1.807) is 66.2 Å². The van der Waals surface area contributed by atoms with Crippen molar-refractivity contribution in [3.05, 3.63) is 72.3 Å². The Labute approximate surface area is 171 Å². The second-order valence-corrected chi connectivity index (χ2v) is 6.95. The van der Waals surface area contributed by atoms with Gasteiger partial charge in [-0.05, 0) is 6.07 Å². The van der Waals surface area contributed by atoms with Gasteiger partial charge in [-0.15, -0.1) is 0 Å². The van der Waals surface area contributed by atoms with Crippen molar-refractivity contribution in [3.63, 3.8) is 0 Å². The number of carbonyl (C=O) groups is 1. The smallest absolute Gasteiger partial charge is 0.327 e. The highest BCUT2D eigenvalue weighted by atomic mass is 19.4. The van der Waals surface area contributed by atoms with Gasteiger partial charge in [0.05, 0.1) is 28.0 Å². The van der Waals surface area contributed by atoms with Gasteiger partial charge in [0.25, 0.3) is 0 Å². The van der Waals surface area contributed by atoms with Gasteiger partial charge in [0.2, 0.25) is 5.91 Å². The van der Waals surface area contributed by atoms with Crippen molar-refractivity contribution in [2.45, 2.75) is 13.1 Å². The molecular weight excluding hydrogens is 391 g/mol. The van der Waals surface area contributed by atoms with E-state index in [9.17, 15) is 18.0 Å². The number of anilines is 1. The SMILES string of the molecule is CC(=O)Nc1c(-c2ccccc2)n(C)c2nc(-c3ccccc3)cc(C(F)(F)F)c12. The molecule has 4 aromatic rings. The summed E-state index contributed by atoms with van der Waals surface area (Å²) in [4.78, 5) is 16.4. The highest BCUT2D eigenvalue weighted by molar-refractivity contribution is 6.09. The maximum atomic E-state index is 14.1. The number of hydrogen-bond acceptors (Lipinski definition) is 2. The largest absolute Gasteiger partial charge is 0.417 e. The maximum Gasteiger partial charge on any atom is 0.417 e. The summed E-state index contributed by atoms with van der Waals surface area (Å²) in [7, 11) is 1.65. The van der Waals surface area contributed by atoms with E-state index in [4.69, 9.17) is 0 Å². The number of halogens is 3. The average molecular weight is 409 g/mol. The van der Waals surface area contributed by atoms with Gasteiger partial charge < -0.3 is 9.88 Å². The van der Waals surface area contributed by atoms with Crippen LogP contribution < -0.4 is 5.32 Å². The fraction of sp³-hybridized carbons (Fsp3) is 0.130. The van der Waals surface area contributed by atoms with Crippen molar-refractivity contribution in [1.82, 2.24) is 9.55 Å². The Kier molecular flexibility index (Phi) is 4.81. The lowest BCUT2D eigenvalue weighted by atomic mass is 10.0. The third-order valence-corrected chi connectivity index (χ3v) is 4.86. The fourth-order valence-corrected chi connectivity index (χ4v) is 3.62. The summed E-state index contributed by atoms with van der Waals surface area (Å²) >= 11 is 0. The van der Waals surface area contributed by atoms with E-state index in [2.05, 4.69) is 10.3 Å². The average Bonchev–Trinajstić information content (AvgIpc) is 2.99. The molecule has 4 rings (SSSR count). The Hall–Kier alpha value is -3.61. The summed E-state index contributed by atoms with van der Waals surface area (Å²) in [6.07, 6.45) is -4.63. The zero-order chi connectivity index (χ0) is 21.5. The molecule has 1 N–H and O–H groups in total. The van der Waals surface area contributed by atoms with Crippen LogP contribution in [0.2, 0.25) is 0 Å². The second kappa shape index (κ2) is 7.33. The van der Waals surface area contributed by atoms with E-state index in [0.717, 1.165) is 6.07 Å². The summed E-state index contributed by atoms with van der Waals surface area (Å²) < 4.78 is 44.0. The molecule has 2 aromatic carbocycles. The van der Waals surface area contributed by atoms with Crippen LogP contribution >= 0.6 is 0 Å². The normalized spacial score (nSPS) is 11.6. The molecule has 1 amide bonds. The van der Waals surface area contributed by atoms with Crippen molar-refractivity contribution in [1.29, 1.82) is 0 Å². The number of alkyl halides is 3. The topological polar surface area (TPSA) is 46.9 Å². The molecule has 4 nitrogen and oxygen atoms in total. The molecule has 0 radical (unpaired) electrons. The summed E-state index contributed by atoms with van der Waals surface area (Å²) in [6, 6.07) is 18.7. The molecule has 0 atom stereocenters. The number of carbonyl (C=O) groups excluding carboxylic acids is 1. The summed E-state index contributed by atoms with van der Waals surface area (Å²) in [5.74, 6) is -0.458. The number of rotatable bonds is 3. The van der Waals surface area contributed by atoms with Crippen LogP contribution in [0.4, 0.5) is 18.9 Å². The number of nitrogens with zero attached hydrogens (tertiary/aromatic N) is 2. The minimum atomic E-state index is -4.63. The third kappa shape index (κ3) is 3.43. The van der Waals surface area contributed by atoms with Gasteiger partial charge in [-0.25, -0.2) is 4.98 Å². The molecule has 7 heteroatoms. The predicted octanol–water partition coefficient (Wildman–Crippen LogP) is 5.88. The number of aryl methyl sites for hydroxylation is 1. The minimum absolute atomic E-state index is 0.102. The van der Waals surface area contributed by atoms with E-state index in [1.165, 1.54) is 6.92 Å². The lowest BCUT2D eigenvalue weighted by Gasteiger charge is -2.12. The Morgan fingerprint density at radius 3 is 2.07 bits per heavy atom. The highest BCUT2D eigenvalue weighted by Gasteiger charge is 2.37. The third-order valence-electron chi connectivity index (χ3n) is 4.86. The maximum absolute atomic E-state index is 14.1. The van der Waals surface area contributed by atoms with Gasteiger partial charge in [-0.1, -0.05) is 60.7 Å². The van der Waals surface area contributed by atoms with E-state index >= 15 is 0 Å². The van der Waals surface area contributed by atoms with Gasteiger partial charge in [0.1, 0.15) is 5.65 Å². The second-order valence-electron chi connectivity index (χ2n) is 6.95. The predicted molar refractivity (Wildman–Crippen MR) is 111 cm³/mol. The minimum Gasteiger partial charge on any atom is -0.327 e. The standard InChI is InChI=1S/C23H18F3N3O/c1-14(30)27-20-19-17(23(24,25)26)13-18(15-9-5-3-6-10-15)28-22(19)29(2)21(20)16-11-7-4-8-12-16/h3-13H,1-2H3,(H,27,30). The van der Waals surface area contributed by atoms with Crippen molar-refractivity contribution >= 4 is 22.6 Å². The number of fused-ring (bicyclic) bond motifs is 1. The highest BCUT2D eigenvalue weighted by Crippen LogP contribution is 2.44. The molecule has 30 heavy (non-hydrogen) atoms. The number of amides is 1. The lowest BCUT2D eigenvalue weighted by molar-refractivity contribution is -0.136. The number of pyridine rings is 1. The first kappa shape index (κ1) is 19.7. The Balaban J connectivity index is 2.14. The molecule has 0 aliphatic carbocycles. The van der Waals surface area contributed by atoms with Crippen LogP contribution in [0.5, 0.6) is 0 Å². The van der Waals surface area contributed by atoms with Crippen molar-refractivity contribution in [2.75, 3.05) is 5.32 Å². The zero-order valence-corrected chi connectivity index (χ0v) is 16.3. The molecule has 0 saturated carbocycles. The summed E-state index contributed by atoms with van der Waals surface area (Å²) in [6.45, 7) is 1.27. The van der Waals surface area contributed by atoms with Crippen LogP contribution in [-0.4, -0.2) is 15.5 Å². The first-order chi connectivity index (χ1) is 14.3. The molecular formula is C23H18F3N3O. The molecule has 0 bridgehead atoms. The Bertz CT molecular complexity index is 1230. The number of aromatic nitrogens is 2. The van der Waals surface area contributed by atoms with Crippen LogP contribution in [0.25, 0.3) is 33.5 Å². The number of benzene rings is 2. The molecule has 0 unspecified atom stereocenters. The molecule has 2 aromatic heterocycles. The van der Waals surface area contributed by atoms with E-state index in [0.29, 0.717) is 16.8 Å². The summed E-state index contributed by atoms with van der Waals surface area (Å²) in [5.41, 5.74) is 1.34. The first-order valence-corrected chi connectivity index (χ1v) is 9.26. The van der Waals surface area contributed by atoms with Crippen LogP contribution in [0, 0.1) is 0 Å².